The van der Waals surface area contributed by atoms with Gasteiger partial charge in [0.2, 0.25) is 5.91 Å². The minimum Gasteiger partial charge on any atom is -0.488 e. The number of anilines is 1. The quantitative estimate of drug-likeness (QED) is 0.631. The zero-order chi connectivity index (χ0) is 19.7. The molecule has 0 unspecified atom stereocenters. The molecule has 0 spiro atoms. The number of ketones is 1. The van der Waals surface area contributed by atoms with E-state index < -0.39 is 5.97 Å². The SMILES string of the molecule is O=C1CCc2cc(C(=O)COC(=O)C3=Cc4cc(Cl)ccc4OC3)ccc2N1. The summed E-state index contributed by atoms with van der Waals surface area (Å²) in [6.07, 6.45) is 2.62. The second-order valence-electron chi connectivity index (χ2n) is 6.56. The Hall–Kier alpha value is -3.12. The van der Waals surface area contributed by atoms with E-state index in [1.54, 1.807) is 42.5 Å². The topological polar surface area (TPSA) is 81.7 Å². The standard InChI is InChI=1S/C21H16ClNO5/c22-16-3-5-19-14(9-16)8-15(10-27-19)21(26)28-11-18(24)13-1-4-17-12(7-13)2-6-20(25)23-17/h1,3-5,7-9H,2,6,10-11H2,(H,23,25). The molecular weight excluding hydrogens is 382 g/mol. The molecule has 0 aliphatic carbocycles. The maximum atomic E-state index is 12.4. The maximum absolute atomic E-state index is 12.4. The van der Waals surface area contributed by atoms with Crippen molar-refractivity contribution < 1.29 is 23.9 Å². The molecule has 2 heterocycles. The number of nitrogens with one attached hydrogen (secondary N) is 1. The molecule has 0 radical (unpaired) electrons. The molecule has 2 aliphatic heterocycles. The molecule has 142 valence electrons. The Bertz CT molecular complexity index is 1030. The van der Waals surface area contributed by atoms with Gasteiger partial charge in [-0.3, -0.25) is 9.59 Å². The van der Waals surface area contributed by atoms with E-state index in [0.717, 1.165) is 5.56 Å². The molecule has 0 saturated carbocycles. The molecule has 0 atom stereocenters. The van der Waals surface area contributed by atoms with Crippen LogP contribution in [0.5, 0.6) is 5.75 Å². The molecule has 28 heavy (non-hydrogen) atoms. The van der Waals surface area contributed by atoms with Crippen LogP contribution < -0.4 is 10.1 Å². The van der Waals surface area contributed by atoms with Gasteiger partial charge in [0.1, 0.15) is 12.4 Å². The molecular formula is C21H16ClNO5. The Kier molecular flexibility index (Phi) is 4.88. The largest absolute Gasteiger partial charge is 0.488 e. The van der Waals surface area contributed by atoms with E-state index in [1.807, 2.05) is 0 Å². The lowest BCUT2D eigenvalue weighted by molar-refractivity contribution is -0.138. The molecule has 6 nitrogen and oxygen atoms in total. The number of hydrogen-bond donors (Lipinski definition) is 1. The van der Waals surface area contributed by atoms with Crippen molar-refractivity contribution in [3.8, 4) is 5.75 Å². The number of Topliss-reactive ketones (excluding diaryl/α,β-unsaturated/α-hetero) is 1. The fraction of sp³-hybridized carbons (Fsp3) is 0.190. The summed E-state index contributed by atoms with van der Waals surface area (Å²) in [4.78, 5) is 36.1. The van der Waals surface area contributed by atoms with E-state index in [1.165, 1.54) is 0 Å². The second kappa shape index (κ2) is 7.48. The highest BCUT2D eigenvalue weighted by Gasteiger charge is 2.21. The van der Waals surface area contributed by atoms with Crippen LogP contribution >= 0.6 is 11.6 Å². The van der Waals surface area contributed by atoms with Crippen molar-refractivity contribution in [1.29, 1.82) is 0 Å². The van der Waals surface area contributed by atoms with Gasteiger partial charge in [-0.1, -0.05) is 11.6 Å². The van der Waals surface area contributed by atoms with Crippen LogP contribution in [0.4, 0.5) is 5.69 Å². The van der Waals surface area contributed by atoms with Gasteiger partial charge < -0.3 is 14.8 Å². The van der Waals surface area contributed by atoms with Crippen molar-refractivity contribution in [3.05, 3.63) is 63.7 Å². The molecule has 1 amide bonds. The number of hydrogen-bond acceptors (Lipinski definition) is 5. The summed E-state index contributed by atoms with van der Waals surface area (Å²) in [5.41, 5.74) is 3.05. The van der Waals surface area contributed by atoms with Gasteiger partial charge in [-0.25, -0.2) is 4.79 Å². The molecule has 0 saturated heterocycles. The highest BCUT2D eigenvalue weighted by atomic mass is 35.5. The Labute approximate surface area is 166 Å². The highest BCUT2D eigenvalue weighted by molar-refractivity contribution is 6.30. The number of carbonyl (C=O) groups is 3. The van der Waals surface area contributed by atoms with Crippen molar-refractivity contribution in [3.63, 3.8) is 0 Å². The van der Waals surface area contributed by atoms with Crippen molar-refractivity contribution in [1.82, 2.24) is 0 Å². The third kappa shape index (κ3) is 3.77. The second-order valence-corrected chi connectivity index (χ2v) is 7.00. The van der Waals surface area contributed by atoms with Crippen molar-refractivity contribution in [2.24, 2.45) is 0 Å². The summed E-state index contributed by atoms with van der Waals surface area (Å²) in [6.45, 7) is -0.302. The van der Waals surface area contributed by atoms with Crippen molar-refractivity contribution >= 4 is 41.0 Å². The first kappa shape index (κ1) is 18.3. The summed E-state index contributed by atoms with van der Waals surface area (Å²) >= 11 is 5.96. The van der Waals surface area contributed by atoms with E-state index in [4.69, 9.17) is 21.1 Å². The van der Waals surface area contributed by atoms with Crippen molar-refractivity contribution in [2.45, 2.75) is 12.8 Å². The molecule has 0 aromatic heterocycles. The minimum absolute atomic E-state index is 0.0358. The van der Waals surface area contributed by atoms with Crippen LogP contribution in [0.25, 0.3) is 6.08 Å². The third-order valence-corrected chi connectivity index (χ3v) is 4.84. The molecule has 7 heteroatoms. The first-order chi connectivity index (χ1) is 13.5. The Balaban J connectivity index is 1.41. The van der Waals surface area contributed by atoms with E-state index in [0.29, 0.717) is 46.0 Å². The van der Waals surface area contributed by atoms with Crippen LogP contribution in [-0.2, 0) is 20.7 Å². The predicted molar refractivity (Wildman–Crippen MR) is 104 cm³/mol. The average molecular weight is 398 g/mol. The summed E-state index contributed by atoms with van der Waals surface area (Å²) in [6, 6.07) is 10.2. The summed E-state index contributed by atoms with van der Waals surface area (Å²) in [5.74, 6) is -0.317. The molecule has 1 N–H and O–H groups in total. The van der Waals surface area contributed by atoms with Crippen LogP contribution in [0.1, 0.15) is 27.9 Å². The number of aryl methyl sites for hydroxylation is 1. The van der Waals surface area contributed by atoms with Gasteiger partial charge in [-0.2, -0.15) is 0 Å². The number of fused-ring (bicyclic) bond motifs is 2. The van der Waals surface area contributed by atoms with Gasteiger partial charge in [0.05, 0.1) is 5.57 Å². The van der Waals surface area contributed by atoms with Gasteiger partial charge in [0.15, 0.2) is 12.4 Å². The van der Waals surface area contributed by atoms with Crippen LogP contribution in [0, 0.1) is 0 Å². The zero-order valence-corrected chi connectivity index (χ0v) is 15.5. The Morgan fingerprint density at radius 2 is 2.00 bits per heavy atom. The lowest BCUT2D eigenvalue weighted by Crippen LogP contribution is -2.21. The number of rotatable bonds is 4. The molecule has 0 fully saturated rings. The van der Waals surface area contributed by atoms with E-state index in [2.05, 4.69) is 5.32 Å². The van der Waals surface area contributed by atoms with E-state index >= 15 is 0 Å². The Morgan fingerprint density at radius 1 is 1.14 bits per heavy atom. The highest BCUT2D eigenvalue weighted by Crippen LogP contribution is 2.29. The maximum Gasteiger partial charge on any atom is 0.337 e. The number of ether oxygens (including phenoxy) is 2. The van der Waals surface area contributed by atoms with Gasteiger partial charge in [0, 0.05) is 28.3 Å². The van der Waals surface area contributed by atoms with Crippen LogP contribution in [0.2, 0.25) is 5.02 Å². The summed E-state index contributed by atoms with van der Waals surface area (Å²) in [5, 5.41) is 3.30. The number of carbonyl (C=O) groups excluding carboxylic acids is 3. The molecule has 0 bridgehead atoms. The first-order valence-electron chi connectivity index (χ1n) is 8.75. The predicted octanol–water partition coefficient (Wildman–Crippen LogP) is 3.43. The van der Waals surface area contributed by atoms with Gasteiger partial charge in [-0.05, 0) is 54.5 Å². The Morgan fingerprint density at radius 3 is 2.86 bits per heavy atom. The van der Waals surface area contributed by atoms with Gasteiger partial charge >= 0.3 is 5.97 Å². The fourth-order valence-electron chi connectivity index (χ4n) is 3.13. The minimum atomic E-state index is -0.607. The molecule has 2 aliphatic rings. The number of esters is 1. The monoisotopic (exact) mass is 397 g/mol. The normalized spacial score (nSPS) is 14.8. The fourth-order valence-corrected chi connectivity index (χ4v) is 3.31. The van der Waals surface area contributed by atoms with Crippen LogP contribution in [0.3, 0.4) is 0 Å². The van der Waals surface area contributed by atoms with E-state index in [-0.39, 0.29) is 24.9 Å². The summed E-state index contributed by atoms with van der Waals surface area (Å²) in [7, 11) is 0. The van der Waals surface area contributed by atoms with Crippen LogP contribution in [0.15, 0.2) is 42.0 Å². The number of amides is 1. The third-order valence-electron chi connectivity index (χ3n) is 4.60. The van der Waals surface area contributed by atoms with E-state index in [9.17, 15) is 14.4 Å². The smallest absolute Gasteiger partial charge is 0.337 e. The first-order valence-corrected chi connectivity index (χ1v) is 9.13. The average Bonchev–Trinajstić information content (AvgIpc) is 2.70. The molecule has 2 aromatic rings. The van der Waals surface area contributed by atoms with Crippen molar-refractivity contribution in [2.75, 3.05) is 18.5 Å². The number of halogens is 1. The lowest BCUT2D eigenvalue weighted by Gasteiger charge is -2.18. The lowest BCUT2D eigenvalue weighted by atomic mass is 9.99. The zero-order valence-electron chi connectivity index (χ0n) is 14.8. The summed E-state index contributed by atoms with van der Waals surface area (Å²) < 4.78 is 10.7. The van der Waals surface area contributed by atoms with Crippen LogP contribution in [-0.4, -0.2) is 30.9 Å². The van der Waals surface area contributed by atoms with Gasteiger partial charge in [-0.15, -0.1) is 0 Å². The molecule has 4 rings (SSSR count). The molecule has 2 aromatic carbocycles. The van der Waals surface area contributed by atoms with Gasteiger partial charge in [0.25, 0.3) is 0 Å². The number of benzene rings is 2.